The maximum Gasteiger partial charge on any atom is 0.331 e. The molecule has 6 aliphatic rings. The van der Waals surface area contributed by atoms with Gasteiger partial charge in [0.1, 0.15) is 5.60 Å². The lowest BCUT2D eigenvalue weighted by molar-refractivity contribution is -0.170. The highest BCUT2D eigenvalue weighted by Crippen LogP contribution is 2.78. The maximum absolute atomic E-state index is 12.1. The third-order valence-electron chi connectivity index (χ3n) is 9.26. The summed E-state index contributed by atoms with van der Waals surface area (Å²) in [5, 5.41) is 0. The van der Waals surface area contributed by atoms with E-state index in [1.165, 1.54) is 24.8 Å². The molecule has 0 saturated heterocycles. The first-order chi connectivity index (χ1) is 13.1. The molecular weight excluding hydrogens is 336 g/mol. The van der Waals surface area contributed by atoms with Gasteiger partial charge in [0.05, 0.1) is 0 Å². The van der Waals surface area contributed by atoms with Crippen LogP contribution in [0.4, 0.5) is 0 Å². The fourth-order valence-corrected chi connectivity index (χ4v) is 8.53. The topological polar surface area (TPSA) is 43.4 Å². The van der Waals surface area contributed by atoms with Gasteiger partial charge in [-0.25, -0.2) is 4.79 Å². The molecular formula is C24H28O3. The minimum Gasteiger partial charge on any atom is -0.451 e. The smallest absolute Gasteiger partial charge is 0.331 e. The van der Waals surface area contributed by atoms with Gasteiger partial charge in [0, 0.05) is 23.8 Å². The van der Waals surface area contributed by atoms with Crippen molar-refractivity contribution in [3.05, 3.63) is 36.5 Å². The molecule has 0 bridgehead atoms. The first-order valence-electron chi connectivity index (χ1n) is 10.9. The van der Waals surface area contributed by atoms with Crippen LogP contribution in [0.2, 0.25) is 0 Å². The van der Waals surface area contributed by atoms with E-state index in [4.69, 9.17) is 4.74 Å². The first-order valence-corrected chi connectivity index (χ1v) is 10.9. The molecule has 4 fully saturated rings. The number of hydrogen-bond donors (Lipinski definition) is 0. The van der Waals surface area contributed by atoms with Crippen molar-refractivity contribution in [3.8, 4) is 0 Å². The van der Waals surface area contributed by atoms with Crippen molar-refractivity contribution in [1.82, 2.24) is 0 Å². The zero-order valence-corrected chi connectivity index (χ0v) is 15.9. The summed E-state index contributed by atoms with van der Waals surface area (Å²) in [4.78, 5) is 24.0. The van der Waals surface area contributed by atoms with Crippen LogP contribution in [0.15, 0.2) is 36.5 Å². The molecule has 5 aliphatic carbocycles. The quantitative estimate of drug-likeness (QED) is 0.539. The molecule has 0 N–H and O–H groups in total. The van der Waals surface area contributed by atoms with Gasteiger partial charge in [-0.15, -0.1) is 6.58 Å². The lowest BCUT2D eigenvalue weighted by atomic mass is 9.48. The summed E-state index contributed by atoms with van der Waals surface area (Å²) < 4.78 is 6.14. The third-order valence-corrected chi connectivity index (χ3v) is 9.26. The Morgan fingerprint density at radius 2 is 2.04 bits per heavy atom. The van der Waals surface area contributed by atoms with Crippen LogP contribution in [0.25, 0.3) is 0 Å². The van der Waals surface area contributed by atoms with Crippen LogP contribution in [-0.4, -0.2) is 17.4 Å². The molecule has 0 aromatic heterocycles. The number of esters is 1. The average Bonchev–Trinajstić information content (AvgIpc) is 3.30. The number of allylic oxidation sites excluding steroid dienone is 2. The van der Waals surface area contributed by atoms with E-state index >= 15 is 0 Å². The van der Waals surface area contributed by atoms with Crippen LogP contribution < -0.4 is 0 Å². The highest BCUT2D eigenvalue weighted by Gasteiger charge is 2.78. The van der Waals surface area contributed by atoms with Gasteiger partial charge < -0.3 is 4.74 Å². The zero-order chi connectivity index (χ0) is 18.4. The number of rotatable bonds is 2. The van der Waals surface area contributed by atoms with Crippen LogP contribution in [0.5, 0.6) is 0 Å². The number of hydrogen-bond acceptors (Lipinski definition) is 3. The molecule has 8 unspecified atom stereocenters. The molecule has 3 nitrogen and oxygen atoms in total. The van der Waals surface area contributed by atoms with Crippen LogP contribution in [0.3, 0.4) is 0 Å². The van der Waals surface area contributed by atoms with Crippen molar-refractivity contribution in [2.45, 2.75) is 57.0 Å². The molecule has 1 heterocycles. The number of ether oxygens (including phenoxy) is 1. The lowest BCUT2D eigenvalue weighted by Gasteiger charge is -2.58. The molecule has 27 heavy (non-hydrogen) atoms. The van der Waals surface area contributed by atoms with Crippen LogP contribution in [0.1, 0.15) is 51.4 Å². The van der Waals surface area contributed by atoms with Crippen molar-refractivity contribution in [2.75, 3.05) is 0 Å². The van der Waals surface area contributed by atoms with Crippen LogP contribution in [0, 0.1) is 40.9 Å². The molecule has 4 saturated carbocycles. The number of carbonyl (C=O) groups is 2. The Kier molecular flexibility index (Phi) is 3.17. The minimum absolute atomic E-state index is 0.0534. The van der Waals surface area contributed by atoms with E-state index in [1.807, 2.05) is 6.08 Å². The van der Waals surface area contributed by atoms with Crippen LogP contribution in [-0.2, 0) is 14.3 Å². The standard InChI is InChI=1S/C24H28O3/c1-2-9-23-10-7-17-16-6-4-15(25)12-14(16)3-5-18(17)22(23)19-13-20(19)24(23)11-8-21(26)27-24/h2,8,11-12,16-20,22H,1,3-7,9-10,13H2. The van der Waals surface area contributed by atoms with E-state index in [-0.39, 0.29) is 17.0 Å². The zero-order valence-electron chi connectivity index (χ0n) is 15.9. The number of carbonyl (C=O) groups excluding carboxylic acids is 2. The molecule has 142 valence electrons. The van der Waals surface area contributed by atoms with Gasteiger partial charge in [0.15, 0.2) is 5.78 Å². The van der Waals surface area contributed by atoms with Gasteiger partial charge >= 0.3 is 5.97 Å². The average molecular weight is 364 g/mol. The van der Waals surface area contributed by atoms with E-state index in [9.17, 15) is 9.59 Å². The molecule has 0 aromatic rings. The summed E-state index contributed by atoms with van der Waals surface area (Å²) in [5.41, 5.74) is 1.13. The van der Waals surface area contributed by atoms with Gasteiger partial charge in [-0.3, -0.25) is 4.79 Å². The van der Waals surface area contributed by atoms with E-state index in [1.54, 1.807) is 6.08 Å². The van der Waals surface area contributed by atoms with Crippen molar-refractivity contribution >= 4 is 11.8 Å². The van der Waals surface area contributed by atoms with Gasteiger partial charge in [0.2, 0.25) is 0 Å². The second-order valence-electron chi connectivity index (χ2n) is 9.96. The maximum atomic E-state index is 12.1. The van der Waals surface area contributed by atoms with Crippen molar-refractivity contribution in [2.24, 2.45) is 40.9 Å². The van der Waals surface area contributed by atoms with E-state index in [0.717, 1.165) is 43.9 Å². The highest BCUT2D eigenvalue weighted by molar-refractivity contribution is 5.91. The minimum atomic E-state index is -0.364. The molecule has 0 amide bonds. The lowest BCUT2D eigenvalue weighted by Crippen LogP contribution is -2.56. The fourth-order valence-electron chi connectivity index (χ4n) is 8.53. The Balaban J connectivity index is 1.41. The molecule has 6 rings (SSSR count). The summed E-state index contributed by atoms with van der Waals surface area (Å²) in [7, 11) is 0. The summed E-state index contributed by atoms with van der Waals surface area (Å²) >= 11 is 0. The number of ketones is 1. The second-order valence-corrected chi connectivity index (χ2v) is 9.96. The van der Waals surface area contributed by atoms with E-state index < -0.39 is 0 Å². The van der Waals surface area contributed by atoms with Gasteiger partial charge in [-0.1, -0.05) is 11.6 Å². The van der Waals surface area contributed by atoms with E-state index in [2.05, 4.69) is 18.7 Å². The van der Waals surface area contributed by atoms with Gasteiger partial charge in [0.25, 0.3) is 0 Å². The third kappa shape index (κ3) is 1.89. The summed E-state index contributed by atoms with van der Waals surface area (Å²) in [5.74, 6) is 4.13. The normalized spacial score (nSPS) is 51.8. The predicted molar refractivity (Wildman–Crippen MR) is 102 cm³/mol. The fraction of sp³-hybridized carbons (Fsp3) is 0.667. The van der Waals surface area contributed by atoms with Crippen LogP contribution >= 0.6 is 0 Å². The van der Waals surface area contributed by atoms with Crippen molar-refractivity contribution in [1.29, 1.82) is 0 Å². The highest BCUT2D eigenvalue weighted by atomic mass is 16.6. The number of fused-ring (bicyclic) bond motifs is 9. The van der Waals surface area contributed by atoms with Gasteiger partial charge in [-0.05, 0) is 86.7 Å². The summed E-state index contributed by atoms with van der Waals surface area (Å²) in [6, 6.07) is 0. The summed E-state index contributed by atoms with van der Waals surface area (Å²) in [6.07, 6.45) is 16.5. The Labute approximate surface area is 160 Å². The SMILES string of the molecule is C=CCC12CCC3C4CCC(=O)C=C4CCC3C1C1CC1C21C=CC(=O)O1. The predicted octanol–water partition coefficient (Wildman–Crippen LogP) is 4.39. The molecule has 1 aliphatic heterocycles. The summed E-state index contributed by atoms with van der Waals surface area (Å²) in [6.45, 7) is 4.09. The first kappa shape index (κ1) is 16.3. The van der Waals surface area contributed by atoms with Gasteiger partial charge in [-0.2, -0.15) is 0 Å². The molecule has 8 atom stereocenters. The van der Waals surface area contributed by atoms with Crippen molar-refractivity contribution in [3.63, 3.8) is 0 Å². The molecule has 0 radical (unpaired) electrons. The Morgan fingerprint density at radius 1 is 1.15 bits per heavy atom. The molecule has 1 spiro atoms. The Hall–Kier alpha value is -1.64. The van der Waals surface area contributed by atoms with Crippen molar-refractivity contribution < 1.29 is 14.3 Å². The second kappa shape index (κ2) is 5.24. The Morgan fingerprint density at radius 3 is 2.81 bits per heavy atom. The molecule has 0 aromatic carbocycles. The molecule has 3 heteroatoms. The largest absolute Gasteiger partial charge is 0.451 e. The Bertz CT molecular complexity index is 806. The van der Waals surface area contributed by atoms with E-state index in [0.29, 0.717) is 29.5 Å². The monoisotopic (exact) mass is 364 g/mol.